The molecule has 3 rings (SSSR count). The summed E-state index contributed by atoms with van der Waals surface area (Å²) in [4.78, 5) is 30.9. The second-order valence-corrected chi connectivity index (χ2v) is 5.54. The maximum Gasteiger partial charge on any atom is 0.277 e. The van der Waals surface area contributed by atoms with Crippen molar-refractivity contribution in [2.75, 3.05) is 25.1 Å². The van der Waals surface area contributed by atoms with Crippen molar-refractivity contribution in [1.29, 1.82) is 0 Å². The number of ketones is 1. The molecule has 0 aromatic heterocycles. The molecule has 0 spiro atoms. The Morgan fingerprint density at radius 2 is 1.92 bits per heavy atom. The predicted octanol–water partition coefficient (Wildman–Crippen LogP) is 2.90. The summed E-state index contributed by atoms with van der Waals surface area (Å²) in [6.45, 7) is 4.01. The minimum Gasteiger partial charge on any atom is -0.497 e. The smallest absolute Gasteiger partial charge is 0.277 e. The third kappa shape index (κ3) is 3.21. The van der Waals surface area contributed by atoms with Crippen LogP contribution < -0.4 is 9.64 Å². The maximum absolute atomic E-state index is 12.6. The van der Waals surface area contributed by atoms with Crippen LogP contribution in [0.2, 0.25) is 0 Å². The highest BCUT2D eigenvalue weighted by Crippen LogP contribution is 2.29. The average Bonchev–Trinajstić information content (AvgIpc) is 2.92. The van der Waals surface area contributed by atoms with Gasteiger partial charge in [0.25, 0.3) is 5.91 Å². The lowest BCUT2D eigenvalue weighted by atomic mass is 10.1. The zero-order valence-electron chi connectivity index (χ0n) is 13.9. The molecule has 5 heteroatoms. The quantitative estimate of drug-likeness (QED) is 0.603. The van der Waals surface area contributed by atoms with Crippen molar-refractivity contribution in [1.82, 2.24) is 0 Å². The van der Waals surface area contributed by atoms with Crippen LogP contribution in [0.25, 0.3) is 0 Å². The molecule has 1 aliphatic heterocycles. The Bertz CT molecular complexity index is 853. The Kier molecular flexibility index (Phi) is 4.75. The highest BCUT2D eigenvalue weighted by Gasteiger charge is 2.32. The molecule has 5 nitrogen and oxygen atoms in total. The number of methoxy groups -OCH3 is 1. The largest absolute Gasteiger partial charge is 0.497 e. The van der Waals surface area contributed by atoms with Crippen molar-refractivity contribution in [3.8, 4) is 5.75 Å². The number of para-hydroxylation sites is 1. The van der Waals surface area contributed by atoms with Crippen molar-refractivity contribution in [3.63, 3.8) is 0 Å². The van der Waals surface area contributed by atoms with Crippen molar-refractivity contribution >= 4 is 23.1 Å². The standard InChI is InChI=1S/C20H18N2O3/c1-3-12-22-17-7-5-4-6-16(17)19(20(22)24)21-13-18(23)14-8-10-15(25-2)11-9-14/h3-11H,1,12-13H2,2H3. The summed E-state index contributed by atoms with van der Waals surface area (Å²) in [7, 11) is 1.57. The summed E-state index contributed by atoms with van der Waals surface area (Å²) in [5.41, 5.74) is 2.39. The van der Waals surface area contributed by atoms with E-state index in [1.54, 1.807) is 42.4 Å². The molecule has 0 N–H and O–H groups in total. The van der Waals surface area contributed by atoms with Crippen LogP contribution in [-0.4, -0.2) is 37.6 Å². The van der Waals surface area contributed by atoms with Crippen LogP contribution in [0.4, 0.5) is 5.69 Å². The van der Waals surface area contributed by atoms with Crippen molar-refractivity contribution in [2.45, 2.75) is 0 Å². The van der Waals surface area contributed by atoms with E-state index in [4.69, 9.17) is 4.74 Å². The molecular formula is C20H18N2O3. The van der Waals surface area contributed by atoms with Crippen LogP contribution in [0.1, 0.15) is 15.9 Å². The number of amides is 1. The predicted molar refractivity (Wildman–Crippen MR) is 97.7 cm³/mol. The normalized spacial score (nSPS) is 14.5. The van der Waals surface area contributed by atoms with E-state index >= 15 is 0 Å². The second kappa shape index (κ2) is 7.13. The fourth-order valence-electron chi connectivity index (χ4n) is 2.74. The summed E-state index contributed by atoms with van der Waals surface area (Å²) in [6, 6.07) is 14.3. The van der Waals surface area contributed by atoms with Gasteiger partial charge >= 0.3 is 0 Å². The summed E-state index contributed by atoms with van der Waals surface area (Å²) in [5, 5.41) is 0. The van der Waals surface area contributed by atoms with Crippen molar-refractivity contribution in [2.24, 2.45) is 4.99 Å². The Labute approximate surface area is 146 Å². The van der Waals surface area contributed by atoms with Gasteiger partial charge in [-0.15, -0.1) is 6.58 Å². The number of anilines is 1. The number of hydrogen-bond donors (Lipinski definition) is 0. The number of carbonyl (C=O) groups excluding carboxylic acids is 2. The molecule has 126 valence electrons. The highest BCUT2D eigenvalue weighted by atomic mass is 16.5. The molecule has 1 heterocycles. The fraction of sp³-hybridized carbons (Fsp3) is 0.150. The number of aliphatic imine (C=N–C) groups is 1. The Hall–Kier alpha value is -3.21. The van der Waals surface area contributed by atoms with Gasteiger partial charge in [-0.05, 0) is 30.3 Å². The number of Topliss-reactive ketones (excluding diaryl/α,β-unsaturated/α-hetero) is 1. The van der Waals surface area contributed by atoms with E-state index in [0.29, 0.717) is 23.6 Å². The molecule has 0 radical (unpaired) electrons. The number of nitrogens with zero attached hydrogens (tertiary/aromatic N) is 2. The molecule has 0 bridgehead atoms. The number of carbonyl (C=O) groups is 2. The van der Waals surface area contributed by atoms with Crippen molar-refractivity contribution < 1.29 is 14.3 Å². The number of ether oxygens (including phenoxy) is 1. The highest BCUT2D eigenvalue weighted by molar-refractivity contribution is 6.54. The van der Waals surface area contributed by atoms with Gasteiger partial charge in [0.15, 0.2) is 5.78 Å². The van der Waals surface area contributed by atoms with E-state index in [0.717, 1.165) is 11.3 Å². The molecule has 2 aromatic rings. The number of fused-ring (bicyclic) bond motifs is 1. The Morgan fingerprint density at radius 1 is 1.20 bits per heavy atom. The van der Waals surface area contributed by atoms with Gasteiger partial charge in [0.05, 0.1) is 12.8 Å². The first-order chi connectivity index (χ1) is 12.2. The molecule has 0 fully saturated rings. The number of rotatable bonds is 6. The second-order valence-electron chi connectivity index (χ2n) is 5.54. The lowest BCUT2D eigenvalue weighted by molar-refractivity contribution is -0.112. The fourth-order valence-corrected chi connectivity index (χ4v) is 2.74. The van der Waals surface area contributed by atoms with Gasteiger partial charge in [-0.25, -0.2) is 0 Å². The molecule has 25 heavy (non-hydrogen) atoms. The van der Waals surface area contributed by atoms with Gasteiger partial charge in [0.2, 0.25) is 0 Å². The van der Waals surface area contributed by atoms with E-state index < -0.39 is 0 Å². The number of hydrogen-bond acceptors (Lipinski definition) is 4. The molecule has 0 atom stereocenters. The van der Waals surface area contributed by atoms with Crippen LogP contribution in [0.15, 0.2) is 66.2 Å². The van der Waals surface area contributed by atoms with Gasteiger partial charge in [-0.3, -0.25) is 14.6 Å². The van der Waals surface area contributed by atoms with Crippen LogP contribution in [0.5, 0.6) is 5.75 Å². The minimum absolute atomic E-state index is 0.0797. The van der Waals surface area contributed by atoms with Crippen molar-refractivity contribution in [3.05, 3.63) is 72.3 Å². The monoisotopic (exact) mass is 334 g/mol. The minimum atomic E-state index is -0.205. The SMILES string of the molecule is C=CCN1C(=O)C(=NCC(=O)c2ccc(OC)cc2)c2ccccc21. The third-order valence-corrected chi connectivity index (χ3v) is 4.00. The lowest BCUT2D eigenvalue weighted by Crippen LogP contribution is -2.30. The van der Waals surface area contributed by atoms with Crippen LogP contribution in [0, 0.1) is 0 Å². The Balaban J connectivity index is 1.84. The summed E-state index contributed by atoms with van der Waals surface area (Å²) in [5.74, 6) is 0.328. The third-order valence-electron chi connectivity index (χ3n) is 4.00. The molecule has 1 aliphatic rings. The molecular weight excluding hydrogens is 316 g/mol. The van der Waals surface area contributed by atoms with E-state index in [-0.39, 0.29) is 18.2 Å². The van der Waals surface area contributed by atoms with E-state index in [1.165, 1.54) is 0 Å². The summed E-state index contributed by atoms with van der Waals surface area (Å²) < 4.78 is 5.08. The topological polar surface area (TPSA) is 59.0 Å². The molecule has 1 amide bonds. The lowest BCUT2D eigenvalue weighted by Gasteiger charge is -2.13. The van der Waals surface area contributed by atoms with E-state index in [9.17, 15) is 9.59 Å². The van der Waals surface area contributed by atoms with Gasteiger partial charge in [0.1, 0.15) is 18.0 Å². The first kappa shape index (κ1) is 16.6. The first-order valence-electron chi connectivity index (χ1n) is 7.89. The molecule has 0 saturated heterocycles. The molecule has 0 saturated carbocycles. The van der Waals surface area contributed by atoms with Gasteiger partial charge in [-0.2, -0.15) is 0 Å². The van der Waals surface area contributed by atoms with Crippen LogP contribution >= 0.6 is 0 Å². The molecule has 0 unspecified atom stereocenters. The first-order valence-corrected chi connectivity index (χ1v) is 7.89. The summed E-state index contributed by atoms with van der Waals surface area (Å²) >= 11 is 0. The van der Waals surface area contributed by atoms with E-state index in [2.05, 4.69) is 11.6 Å². The van der Waals surface area contributed by atoms with E-state index in [1.807, 2.05) is 24.3 Å². The maximum atomic E-state index is 12.6. The number of benzene rings is 2. The zero-order valence-corrected chi connectivity index (χ0v) is 13.9. The van der Waals surface area contributed by atoms with Crippen LogP contribution in [-0.2, 0) is 4.79 Å². The van der Waals surface area contributed by atoms with Gasteiger partial charge < -0.3 is 9.64 Å². The van der Waals surface area contributed by atoms with Gasteiger partial charge in [-0.1, -0.05) is 24.3 Å². The van der Waals surface area contributed by atoms with Gasteiger partial charge in [0, 0.05) is 17.7 Å². The molecule has 0 aliphatic carbocycles. The zero-order chi connectivity index (χ0) is 17.8. The molecule has 2 aromatic carbocycles. The van der Waals surface area contributed by atoms with Crippen LogP contribution in [0.3, 0.4) is 0 Å². The Morgan fingerprint density at radius 3 is 2.60 bits per heavy atom. The average molecular weight is 334 g/mol. The summed E-state index contributed by atoms with van der Waals surface area (Å²) in [6.07, 6.45) is 1.67.